The van der Waals surface area contributed by atoms with Gasteiger partial charge in [-0.05, 0) is 71.2 Å². The van der Waals surface area contributed by atoms with Crippen LogP contribution in [-0.2, 0) is 31.8 Å². The average Bonchev–Trinajstić information content (AvgIpc) is 2.86. The van der Waals surface area contributed by atoms with Gasteiger partial charge in [0.1, 0.15) is 25.2 Å². The molecule has 0 saturated carbocycles. The minimum Gasteiger partial charge on any atom is -0.459 e. The van der Waals surface area contributed by atoms with Crippen LogP contribution in [0.1, 0.15) is 42.0 Å². The summed E-state index contributed by atoms with van der Waals surface area (Å²) in [5.41, 5.74) is 8.91. The van der Waals surface area contributed by atoms with Crippen molar-refractivity contribution in [2.24, 2.45) is 5.41 Å². The average molecular weight is 467 g/mol. The van der Waals surface area contributed by atoms with E-state index < -0.39 is 24.1 Å². The highest BCUT2D eigenvalue weighted by atomic mass is 16.7. The first kappa shape index (κ1) is 24.0. The molecule has 0 amide bonds. The van der Waals surface area contributed by atoms with E-state index in [1.165, 1.54) is 45.5 Å². The summed E-state index contributed by atoms with van der Waals surface area (Å²) in [5, 5.41) is 12.2. The van der Waals surface area contributed by atoms with Gasteiger partial charge in [0.15, 0.2) is 0 Å². The third-order valence-corrected chi connectivity index (χ3v) is 6.37. The molecule has 0 fully saturated rings. The second-order valence-electron chi connectivity index (χ2n) is 9.12. The van der Waals surface area contributed by atoms with Crippen molar-refractivity contribution in [1.29, 1.82) is 0 Å². The molecule has 0 spiro atoms. The lowest BCUT2D eigenvalue weighted by Gasteiger charge is -2.24. The van der Waals surface area contributed by atoms with Gasteiger partial charge in [-0.1, -0.05) is 42.5 Å². The summed E-state index contributed by atoms with van der Waals surface area (Å²) in [6, 6.07) is 8.86. The van der Waals surface area contributed by atoms with Gasteiger partial charge in [-0.3, -0.25) is 4.79 Å². The number of aliphatic hydroxyl groups excluding tert-OH is 1. The molecule has 2 aromatic carbocycles. The van der Waals surface area contributed by atoms with Crippen LogP contribution in [-0.4, -0.2) is 50.2 Å². The van der Waals surface area contributed by atoms with Crippen LogP contribution in [0.5, 0.6) is 0 Å². The van der Waals surface area contributed by atoms with Crippen LogP contribution in [0.3, 0.4) is 0 Å². The number of carbonyl (C=O) groups excluding carboxylic acids is 2. The van der Waals surface area contributed by atoms with E-state index in [0.717, 1.165) is 19.3 Å². The van der Waals surface area contributed by atoms with Gasteiger partial charge < -0.3 is 25.1 Å². The lowest BCUT2D eigenvalue weighted by molar-refractivity contribution is -0.372. The zero-order valence-corrected chi connectivity index (χ0v) is 19.6. The standard InChI is InChI=1S/C27H31NO6/c1-27(16-29,25(30)32-13-11-28)17-34-26(31)33-12-3-4-18-14-21-9-7-19-5-2-6-20-8-10-22(15-18)24(21)23(19)20/h2,5,7-9,14-15,29H,3-4,6,10-13,16-17,28H2,1H3/p+1. The lowest BCUT2D eigenvalue weighted by Crippen LogP contribution is -2.53. The van der Waals surface area contributed by atoms with Crippen LogP contribution in [0.15, 0.2) is 36.4 Å². The molecule has 180 valence electrons. The molecule has 2 aromatic rings. The molecular formula is C27H32NO6+. The summed E-state index contributed by atoms with van der Waals surface area (Å²) >= 11 is 0. The minimum atomic E-state index is -1.33. The van der Waals surface area contributed by atoms with Gasteiger partial charge in [0.05, 0.1) is 13.2 Å². The van der Waals surface area contributed by atoms with Crippen molar-refractivity contribution in [1.82, 2.24) is 0 Å². The molecule has 4 N–H and O–H groups in total. The normalized spacial score (nSPS) is 15.4. The zero-order chi connectivity index (χ0) is 24.1. The molecule has 7 nitrogen and oxygen atoms in total. The van der Waals surface area contributed by atoms with Crippen LogP contribution in [0.2, 0.25) is 0 Å². The van der Waals surface area contributed by atoms with E-state index in [4.69, 9.17) is 14.2 Å². The Hall–Kier alpha value is -3.16. The van der Waals surface area contributed by atoms with Crippen molar-refractivity contribution in [3.8, 4) is 0 Å². The van der Waals surface area contributed by atoms with E-state index in [0.29, 0.717) is 13.0 Å². The topological polar surface area (TPSA) is 110 Å². The molecule has 1 unspecified atom stereocenters. The van der Waals surface area contributed by atoms with E-state index in [1.54, 1.807) is 0 Å². The molecule has 0 aromatic heterocycles. The van der Waals surface area contributed by atoms with Gasteiger partial charge in [-0.25, -0.2) is 4.79 Å². The highest BCUT2D eigenvalue weighted by Gasteiger charge is 2.36. The van der Waals surface area contributed by atoms with E-state index in [2.05, 4.69) is 48.2 Å². The summed E-state index contributed by atoms with van der Waals surface area (Å²) in [5.74, 6) is -0.633. The summed E-state index contributed by atoms with van der Waals surface area (Å²) in [4.78, 5) is 24.0. The van der Waals surface area contributed by atoms with Crippen LogP contribution in [0, 0.1) is 5.41 Å². The summed E-state index contributed by atoms with van der Waals surface area (Å²) in [6.45, 7) is 1.42. The number of benzene rings is 2. The Morgan fingerprint density at radius 1 is 1.12 bits per heavy atom. The van der Waals surface area contributed by atoms with Gasteiger partial charge in [0, 0.05) is 0 Å². The molecule has 2 aliphatic rings. The molecule has 0 heterocycles. The maximum atomic E-state index is 12.1. The van der Waals surface area contributed by atoms with Crippen LogP contribution < -0.4 is 5.73 Å². The van der Waals surface area contributed by atoms with Gasteiger partial charge in [-0.2, -0.15) is 0 Å². The first-order valence-electron chi connectivity index (χ1n) is 11.8. The Morgan fingerprint density at radius 2 is 1.97 bits per heavy atom. The molecule has 0 bridgehead atoms. The molecule has 4 rings (SSSR count). The number of allylic oxidation sites excluding steroid dienone is 3. The van der Waals surface area contributed by atoms with Gasteiger partial charge in [0.25, 0.3) is 0 Å². The molecule has 0 aliphatic heterocycles. The van der Waals surface area contributed by atoms with Crippen molar-refractivity contribution in [3.05, 3.63) is 58.7 Å². The molecule has 0 radical (unpaired) electrons. The van der Waals surface area contributed by atoms with Crippen molar-refractivity contribution >= 4 is 34.5 Å². The predicted molar refractivity (Wildman–Crippen MR) is 129 cm³/mol. The van der Waals surface area contributed by atoms with Crippen molar-refractivity contribution in [2.75, 3.05) is 33.0 Å². The number of aryl methyl sites for hydroxylation is 1. The molecule has 7 heteroatoms. The zero-order valence-electron chi connectivity index (χ0n) is 19.6. The Morgan fingerprint density at radius 3 is 2.76 bits per heavy atom. The number of esters is 1. The largest absolute Gasteiger partial charge is 0.508 e. The molecule has 1 atom stereocenters. The summed E-state index contributed by atoms with van der Waals surface area (Å²) < 4.78 is 15.2. The quantitative estimate of drug-likeness (QED) is 0.411. The number of quaternary nitrogens is 1. The number of hydrogen-bond donors (Lipinski definition) is 2. The Kier molecular flexibility index (Phi) is 7.34. The third kappa shape index (κ3) is 5.00. The van der Waals surface area contributed by atoms with E-state index in [9.17, 15) is 14.7 Å². The maximum Gasteiger partial charge on any atom is 0.508 e. The highest BCUT2D eigenvalue weighted by Crippen LogP contribution is 2.40. The van der Waals surface area contributed by atoms with E-state index >= 15 is 0 Å². The Bertz CT molecular complexity index is 1150. The first-order chi connectivity index (χ1) is 16.4. The summed E-state index contributed by atoms with van der Waals surface area (Å²) in [6.07, 6.45) is 9.26. The number of ether oxygens (including phenoxy) is 3. The van der Waals surface area contributed by atoms with Gasteiger partial charge in [-0.15, -0.1) is 0 Å². The second-order valence-corrected chi connectivity index (χ2v) is 9.12. The number of aliphatic hydroxyl groups is 1. The van der Waals surface area contributed by atoms with Crippen molar-refractivity contribution in [3.63, 3.8) is 0 Å². The predicted octanol–water partition coefficient (Wildman–Crippen LogP) is 3.07. The lowest BCUT2D eigenvalue weighted by atomic mass is 9.81. The van der Waals surface area contributed by atoms with Gasteiger partial charge in [0.2, 0.25) is 0 Å². The number of rotatable bonds is 10. The minimum absolute atomic E-state index is 0.145. The smallest absolute Gasteiger partial charge is 0.459 e. The molecule has 34 heavy (non-hydrogen) atoms. The number of hydrogen-bond acceptors (Lipinski definition) is 6. The van der Waals surface area contributed by atoms with Gasteiger partial charge >= 0.3 is 12.1 Å². The monoisotopic (exact) mass is 466 g/mol. The second kappa shape index (κ2) is 10.4. The van der Waals surface area contributed by atoms with Crippen molar-refractivity contribution in [2.45, 2.75) is 32.6 Å². The first-order valence-corrected chi connectivity index (χ1v) is 11.8. The molecular weight excluding hydrogens is 434 g/mol. The summed E-state index contributed by atoms with van der Waals surface area (Å²) in [7, 11) is 0. The highest BCUT2D eigenvalue weighted by molar-refractivity contribution is 6.02. The van der Waals surface area contributed by atoms with Crippen LogP contribution >= 0.6 is 0 Å². The van der Waals surface area contributed by atoms with E-state index in [1.807, 2.05) is 0 Å². The van der Waals surface area contributed by atoms with E-state index in [-0.39, 0.29) is 19.8 Å². The van der Waals surface area contributed by atoms with Crippen molar-refractivity contribution < 1.29 is 34.6 Å². The SMILES string of the molecule is CC(CO)(COC(=O)OCCCc1cc2c3c4c(ccc3c1)C=CCC4=CC2)C(=O)OCC[NH3+]. The fourth-order valence-corrected chi connectivity index (χ4v) is 4.46. The fourth-order valence-electron chi connectivity index (χ4n) is 4.46. The van der Waals surface area contributed by atoms with Crippen LogP contribution in [0.4, 0.5) is 4.79 Å². The molecule has 0 saturated heterocycles. The number of carbonyl (C=O) groups is 2. The Labute approximate surface area is 199 Å². The Balaban J connectivity index is 1.29. The molecule has 2 aliphatic carbocycles. The fraction of sp³-hybridized carbons (Fsp3) is 0.407. The van der Waals surface area contributed by atoms with Crippen LogP contribution in [0.25, 0.3) is 22.4 Å². The maximum absolute atomic E-state index is 12.1. The third-order valence-electron chi connectivity index (χ3n) is 6.37.